The van der Waals surface area contributed by atoms with E-state index in [1.165, 1.54) is 18.0 Å². The van der Waals surface area contributed by atoms with Gasteiger partial charge in [0.25, 0.3) is 0 Å². The highest BCUT2D eigenvalue weighted by atomic mass is 28.3. The Morgan fingerprint density at radius 2 is 1.43 bits per heavy atom. The van der Waals surface area contributed by atoms with E-state index in [4.69, 9.17) is 4.74 Å². The first-order valence-corrected chi connectivity index (χ1v) is 11.1. The van der Waals surface area contributed by atoms with E-state index in [0.717, 1.165) is 19.6 Å². The van der Waals surface area contributed by atoms with Gasteiger partial charge in [0.15, 0.2) is 0 Å². The van der Waals surface area contributed by atoms with E-state index >= 15 is 0 Å². The smallest absolute Gasteiger partial charge is 0.0806 e. The van der Waals surface area contributed by atoms with E-state index < -0.39 is 8.07 Å². The summed E-state index contributed by atoms with van der Waals surface area (Å²) in [5, 5.41) is 1.57. The molecule has 0 atom stereocenters. The lowest BCUT2D eigenvalue weighted by Gasteiger charge is -2.22. The number of hydrogen-bond donors (Lipinski definition) is 0. The van der Waals surface area contributed by atoms with Crippen LogP contribution in [-0.4, -0.2) is 14.7 Å². The van der Waals surface area contributed by atoms with Crippen molar-refractivity contribution in [1.29, 1.82) is 0 Å². The maximum atomic E-state index is 5.76. The fourth-order valence-corrected chi connectivity index (χ4v) is 5.09. The van der Waals surface area contributed by atoms with Crippen LogP contribution in [0.2, 0.25) is 19.1 Å². The monoisotopic (exact) mass is 298 g/mol. The van der Waals surface area contributed by atoms with Crippen LogP contribution in [-0.2, 0) is 11.3 Å². The van der Waals surface area contributed by atoms with Crippen LogP contribution in [0.4, 0.5) is 0 Å². The van der Waals surface area contributed by atoms with Crippen molar-refractivity contribution in [2.24, 2.45) is 0 Å². The van der Waals surface area contributed by atoms with Gasteiger partial charge in [-0.15, -0.1) is 0 Å². The average molecular weight is 299 g/mol. The minimum absolute atomic E-state index is 0.736. The third kappa shape index (κ3) is 5.48. The molecule has 0 aliphatic carbocycles. The number of benzene rings is 2. The molecular weight excluding hydrogens is 272 g/mol. The van der Waals surface area contributed by atoms with Crippen LogP contribution in [0.3, 0.4) is 0 Å². The van der Waals surface area contributed by atoms with Gasteiger partial charge in [-0.3, -0.25) is 0 Å². The first kappa shape index (κ1) is 16.0. The van der Waals surface area contributed by atoms with Gasteiger partial charge < -0.3 is 4.74 Å². The standard InChI is InChI=1S/C19H26OSi/c1-21(2,19-13-7-4-8-14-19)16-10-9-15-20-17-18-11-5-3-6-12-18/h3-8,11-14H,9-10,15-17H2,1-2H3. The first-order valence-electron chi connectivity index (χ1n) is 7.86. The van der Waals surface area contributed by atoms with Crippen LogP contribution < -0.4 is 5.19 Å². The fourth-order valence-electron chi connectivity index (χ4n) is 2.57. The molecule has 0 saturated carbocycles. The van der Waals surface area contributed by atoms with Crippen LogP contribution in [0.25, 0.3) is 0 Å². The van der Waals surface area contributed by atoms with Gasteiger partial charge in [-0.25, -0.2) is 0 Å². The average Bonchev–Trinajstić information content (AvgIpc) is 2.52. The van der Waals surface area contributed by atoms with Crippen molar-refractivity contribution in [3.63, 3.8) is 0 Å². The first-order chi connectivity index (χ1) is 10.2. The second kappa shape index (κ2) is 8.16. The molecule has 1 nitrogen and oxygen atoms in total. The van der Waals surface area contributed by atoms with E-state index in [1.54, 1.807) is 5.19 Å². The maximum Gasteiger partial charge on any atom is 0.0806 e. The molecule has 112 valence electrons. The largest absolute Gasteiger partial charge is 0.377 e. The molecule has 2 rings (SSSR count). The van der Waals surface area contributed by atoms with Crippen molar-refractivity contribution in [3.8, 4) is 0 Å². The van der Waals surface area contributed by atoms with Crippen LogP contribution in [0.1, 0.15) is 18.4 Å². The van der Waals surface area contributed by atoms with Crippen LogP contribution >= 0.6 is 0 Å². The molecule has 2 aromatic carbocycles. The van der Waals surface area contributed by atoms with Gasteiger partial charge in [0, 0.05) is 6.61 Å². The minimum Gasteiger partial charge on any atom is -0.377 e. The molecule has 0 saturated heterocycles. The number of unbranched alkanes of at least 4 members (excludes halogenated alkanes) is 1. The van der Waals surface area contributed by atoms with E-state index in [0.29, 0.717) is 0 Å². The van der Waals surface area contributed by atoms with Crippen molar-refractivity contribution in [1.82, 2.24) is 0 Å². The Morgan fingerprint density at radius 1 is 0.810 bits per heavy atom. The predicted molar refractivity (Wildman–Crippen MR) is 93.7 cm³/mol. The molecule has 0 unspecified atom stereocenters. The summed E-state index contributed by atoms with van der Waals surface area (Å²) < 4.78 is 5.76. The van der Waals surface area contributed by atoms with Crippen LogP contribution in [0, 0.1) is 0 Å². The third-order valence-electron chi connectivity index (χ3n) is 4.01. The van der Waals surface area contributed by atoms with Gasteiger partial charge in [0.1, 0.15) is 0 Å². The summed E-state index contributed by atoms with van der Waals surface area (Å²) in [4.78, 5) is 0. The van der Waals surface area contributed by atoms with Crippen molar-refractivity contribution in [3.05, 3.63) is 66.2 Å². The summed E-state index contributed by atoms with van der Waals surface area (Å²) in [7, 11) is -1.26. The molecule has 2 aromatic rings. The van der Waals surface area contributed by atoms with Crippen molar-refractivity contribution >= 4 is 13.3 Å². The number of ether oxygens (including phenoxy) is 1. The molecule has 0 aliphatic heterocycles. The lowest BCUT2D eigenvalue weighted by atomic mass is 10.2. The normalized spacial score (nSPS) is 11.5. The highest BCUT2D eigenvalue weighted by Gasteiger charge is 2.21. The Bertz CT molecular complexity index is 508. The van der Waals surface area contributed by atoms with E-state index in [1.807, 2.05) is 6.07 Å². The topological polar surface area (TPSA) is 9.23 Å². The summed E-state index contributed by atoms with van der Waals surface area (Å²) in [6, 6.07) is 22.7. The molecule has 0 heterocycles. The van der Waals surface area contributed by atoms with Crippen LogP contribution in [0.15, 0.2) is 60.7 Å². The van der Waals surface area contributed by atoms with Crippen molar-refractivity contribution in [2.45, 2.75) is 38.6 Å². The van der Waals surface area contributed by atoms with Gasteiger partial charge in [-0.05, 0) is 12.0 Å². The lowest BCUT2D eigenvalue weighted by Crippen LogP contribution is -2.40. The summed E-state index contributed by atoms with van der Waals surface area (Å²) in [6.07, 6.45) is 2.43. The summed E-state index contributed by atoms with van der Waals surface area (Å²) in [5.41, 5.74) is 1.26. The molecule has 0 bridgehead atoms. The summed E-state index contributed by atoms with van der Waals surface area (Å²) in [6.45, 7) is 6.54. The lowest BCUT2D eigenvalue weighted by molar-refractivity contribution is 0.118. The molecule has 21 heavy (non-hydrogen) atoms. The Labute approximate surface area is 130 Å². The van der Waals surface area contributed by atoms with E-state index in [2.05, 4.69) is 67.7 Å². The molecule has 0 aromatic heterocycles. The molecule has 0 fully saturated rings. The van der Waals surface area contributed by atoms with Gasteiger partial charge in [-0.2, -0.15) is 0 Å². The molecule has 0 aliphatic rings. The minimum atomic E-state index is -1.26. The quantitative estimate of drug-likeness (QED) is 0.511. The number of rotatable bonds is 8. The molecule has 2 heteroatoms. The molecule has 0 N–H and O–H groups in total. The number of hydrogen-bond acceptors (Lipinski definition) is 1. The third-order valence-corrected chi connectivity index (χ3v) is 7.51. The fraction of sp³-hybridized carbons (Fsp3) is 0.368. The summed E-state index contributed by atoms with van der Waals surface area (Å²) >= 11 is 0. The molecular formula is C19H26OSi. The van der Waals surface area contributed by atoms with Gasteiger partial charge in [0.05, 0.1) is 14.7 Å². The Hall–Kier alpha value is -1.38. The van der Waals surface area contributed by atoms with Gasteiger partial charge in [0.2, 0.25) is 0 Å². The molecule has 0 amide bonds. The van der Waals surface area contributed by atoms with Gasteiger partial charge >= 0.3 is 0 Å². The SMILES string of the molecule is C[Si](C)(CCCCOCc1ccccc1)c1ccccc1. The van der Waals surface area contributed by atoms with Gasteiger partial charge in [-0.1, -0.05) is 91.4 Å². The zero-order valence-corrected chi connectivity index (χ0v) is 14.2. The Balaban J connectivity index is 1.63. The zero-order chi connectivity index (χ0) is 15.0. The van der Waals surface area contributed by atoms with E-state index in [-0.39, 0.29) is 0 Å². The van der Waals surface area contributed by atoms with Crippen molar-refractivity contribution < 1.29 is 4.74 Å². The predicted octanol–water partition coefficient (Wildman–Crippen LogP) is 4.60. The second-order valence-corrected chi connectivity index (χ2v) is 11.1. The van der Waals surface area contributed by atoms with E-state index in [9.17, 15) is 0 Å². The molecule has 0 radical (unpaired) electrons. The Morgan fingerprint density at radius 3 is 2.10 bits per heavy atom. The highest BCUT2D eigenvalue weighted by Crippen LogP contribution is 2.14. The summed E-state index contributed by atoms with van der Waals surface area (Å²) in [5.74, 6) is 0. The van der Waals surface area contributed by atoms with Crippen LogP contribution in [0.5, 0.6) is 0 Å². The zero-order valence-electron chi connectivity index (χ0n) is 13.2. The second-order valence-electron chi connectivity index (χ2n) is 6.25. The van der Waals surface area contributed by atoms with Crippen molar-refractivity contribution in [2.75, 3.05) is 6.61 Å². The Kier molecular flexibility index (Phi) is 6.21. The molecule has 0 spiro atoms. The highest BCUT2D eigenvalue weighted by molar-refractivity contribution is 6.89. The maximum absolute atomic E-state index is 5.76.